The number of hydrogen-bond donors (Lipinski definition) is 1. The summed E-state index contributed by atoms with van der Waals surface area (Å²) in [7, 11) is 3.98. The molecule has 98 heavy (non-hydrogen) atoms. The van der Waals surface area contributed by atoms with Crippen molar-refractivity contribution in [3.05, 3.63) is 296 Å². The number of nitrogens with one attached hydrogen (secondary N) is 1. The van der Waals surface area contributed by atoms with Crippen molar-refractivity contribution >= 4 is 11.4 Å². The summed E-state index contributed by atoms with van der Waals surface area (Å²) in [5, 5.41) is 3.50. The molecule has 5 nitrogen and oxygen atoms in total. The first-order valence-electron chi connectivity index (χ1n) is 34.6. The molecule has 0 saturated heterocycles. The van der Waals surface area contributed by atoms with Gasteiger partial charge in [0.15, 0.2) is 0 Å². The molecule has 0 bridgehead atoms. The second-order valence-corrected chi connectivity index (χ2v) is 32.4. The van der Waals surface area contributed by atoms with Crippen LogP contribution in [0.5, 0.6) is 5.75 Å². The highest BCUT2D eigenvalue weighted by Crippen LogP contribution is 2.49. The van der Waals surface area contributed by atoms with Crippen molar-refractivity contribution < 1.29 is 9.47 Å². The number of aromatic nitrogens is 1. The lowest BCUT2D eigenvalue weighted by Crippen LogP contribution is -2.31. The second kappa shape index (κ2) is 29.7. The molecule has 1 heterocycles. The fourth-order valence-electron chi connectivity index (χ4n) is 12.7. The number of nitrogens with zero attached hydrogens (tertiary/aromatic N) is 2. The van der Waals surface area contributed by atoms with E-state index in [1.807, 2.05) is 31.1 Å². The summed E-state index contributed by atoms with van der Waals surface area (Å²) in [6.07, 6.45) is 0. The highest BCUT2D eigenvalue weighted by Gasteiger charge is 2.41. The Kier molecular flexibility index (Phi) is 22.1. The van der Waals surface area contributed by atoms with Crippen LogP contribution in [0, 0.1) is 47.4 Å². The van der Waals surface area contributed by atoms with Crippen LogP contribution in [-0.2, 0) is 48.1 Å². The monoisotopic (exact) mass is 1290 g/mol. The highest BCUT2D eigenvalue weighted by molar-refractivity contribution is 5.65. The molecule has 9 rings (SSSR count). The van der Waals surface area contributed by atoms with E-state index < -0.39 is 10.8 Å². The molecule has 1 aromatic heterocycles. The standard InChI is InChI=1S/C93H103N3O2/c1-86(2,3)67-29-41-73(42-30-67)92(74-43-31-68(32-44-74)87(4,5)6,75-45-33-69(34-46-75)88(7,8)9)79-53-57-81(58-54-79)94-61-23-21-22-24-62-97-63-25-27-82-65-84(96(19)20)66-83(95-82)28-26-64-98-85-59-55-80(56-60-85)93(76-47-35-70(36-48-76)89(10,11)12,77-49-37-71(38-50-77)90(13,14)15)78-51-39-72(40-52-78)91(16,17)18/h29-60,65-66,94H,61-64H2,1-20H3. The maximum Gasteiger partial charge on any atom is 0.149 e. The van der Waals surface area contributed by atoms with Gasteiger partial charge in [0.25, 0.3) is 0 Å². The van der Waals surface area contributed by atoms with Gasteiger partial charge in [-0.25, -0.2) is 4.98 Å². The van der Waals surface area contributed by atoms with Crippen LogP contribution in [0.1, 0.15) is 214 Å². The van der Waals surface area contributed by atoms with Crippen molar-refractivity contribution in [3.8, 4) is 53.1 Å². The number of anilines is 2. The van der Waals surface area contributed by atoms with E-state index in [-0.39, 0.29) is 52.3 Å². The first-order chi connectivity index (χ1) is 46.2. The predicted octanol–water partition coefficient (Wildman–Crippen LogP) is 20.6. The summed E-state index contributed by atoms with van der Waals surface area (Å²) >= 11 is 0. The number of hydrogen-bond acceptors (Lipinski definition) is 5. The molecule has 0 aliphatic rings. The quantitative estimate of drug-likeness (QED) is 0.0630. The lowest BCUT2D eigenvalue weighted by Gasteiger charge is -2.38. The van der Waals surface area contributed by atoms with Crippen LogP contribution in [0.15, 0.2) is 206 Å². The summed E-state index contributed by atoms with van der Waals surface area (Å²) in [5.74, 6) is 25.6. The molecule has 9 aromatic rings. The van der Waals surface area contributed by atoms with E-state index in [4.69, 9.17) is 14.5 Å². The van der Waals surface area contributed by atoms with E-state index in [1.54, 1.807) is 0 Å². The first-order valence-corrected chi connectivity index (χ1v) is 34.6. The molecule has 8 aromatic carbocycles. The smallest absolute Gasteiger partial charge is 0.149 e. The Balaban J connectivity index is 0.850. The minimum Gasteiger partial charge on any atom is -0.481 e. The van der Waals surface area contributed by atoms with Crippen LogP contribution in [0.3, 0.4) is 0 Å². The van der Waals surface area contributed by atoms with Crippen LogP contribution in [0.4, 0.5) is 11.4 Å². The van der Waals surface area contributed by atoms with E-state index in [1.165, 1.54) is 72.3 Å². The van der Waals surface area contributed by atoms with Crippen LogP contribution >= 0.6 is 0 Å². The lowest BCUT2D eigenvalue weighted by atomic mass is 9.64. The minimum absolute atomic E-state index is 0.0121. The number of ether oxygens (including phenoxy) is 2. The van der Waals surface area contributed by atoms with E-state index in [9.17, 15) is 0 Å². The van der Waals surface area contributed by atoms with E-state index >= 15 is 0 Å². The van der Waals surface area contributed by atoms with Crippen LogP contribution in [-0.4, -0.2) is 45.4 Å². The maximum absolute atomic E-state index is 6.33. The van der Waals surface area contributed by atoms with Gasteiger partial charge in [0.2, 0.25) is 0 Å². The molecule has 0 saturated carbocycles. The Morgan fingerprint density at radius 3 is 0.867 bits per heavy atom. The fourth-order valence-corrected chi connectivity index (χ4v) is 12.7. The van der Waals surface area contributed by atoms with Gasteiger partial charge in [0.05, 0.1) is 17.4 Å². The summed E-state index contributed by atoms with van der Waals surface area (Å²) in [4.78, 5) is 6.80. The molecule has 0 aliphatic carbocycles. The zero-order chi connectivity index (χ0) is 70.9. The van der Waals surface area contributed by atoms with Crippen LogP contribution in [0.2, 0.25) is 0 Å². The number of pyridine rings is 1. The van der Waals surface area contributed by atoms with Crippen molar-refractivity contribution in [2.45, 2.75) is 168 Å². The number of benzene rings is 8. The molecule has 0 aliphatic heterocycles. The molecule has 0 radical (unpaired) electrons. The van der Waals surface area contributed by atoms with Gasteiger partial charge in [-0.15, -0.1) is 0 Å². The molecule has 0 spiro atoms. The molecule has 5 heteroatoms. The number of rotatable bonds is 15. The Hall–Kier alpha value is -9.49. The topological polar surface area (TPSA) is 46.6 Å². The van der Waals surface area contributed by atoms with Crippen molar-refractivity contribution in [1.29, 1.82) is 0 Å². The minimum atomic E-state index is -0.627. The SMILES string of the molecule is CN(C)c1cc(C#CCOCC#CC#CCNc2ccc(C(c3ccc(C(C)(C)C)cc3)(c3ccc(C(C)(C)C)cc3)c3ccc(C(C)(C)C)cc3)cc2)nc(C#CCOc2ccc(C(c3ccc(C(C)(C)C)cc3)(c3ccc(C(C)(C)C)cc3)c3ccc(C(C)(C)C)cc3)cc2)c1. The Morgan fingerprint density at radius 2 is 0.571 bits per heavy atom. The van der Waals surface area contributed by atoms with Crippen molar-refractivity contribution in [3.63, 3.8) is 0 Å². The van der Waals surface area contributed by atoms with Crippen LogP contribution < -0.4 is 15.0 Å². The molecule has 0 atom stereocenters. The van der Waals surface area contributed by atoms with Crippen molar-refractivity contribution in [2.24, 2.45) is 0 Å². The highest BCUT2D eigenvalue weighted by atomic mass is 16.5. The third kappa shape index (κ3) is 17.2. The van der Waals surface area contributed by atoms with Gasteiger partial charge in [0.1, 0.15) is 37.0 Å². The van der Waals surface area contributed by atoms with Crippen LogP contribution in [0.25, 0.3) is 0 Å². The Labute approximate surface area is 589 Å². The largest absolute Gasteiger partial charge is 0.481 e. The summed E-state index contributed by atoms with van der Waals surface area (Å²) in [6.45, 7) is 41.9. The average molecular weight is 1290 g/mol. The Bertz CT molecular complexity index is 4150. The van der Waals surface area contributed by atoms with Crippen molar-refractivity contribution in [1.82, 2.24) is 4.98 Å². The van der Waals surface area contributed by atoms with E-state index in [0.29, 0.717) is 17.9 Å². The molecule has 0 amide bonds. The van der Waals surface area contributed by atoms with Gasteiger partial charge < -0.3 is 19.7 Å². The van der Waals surface area contributed by atoms with Gasteiger partial charge in [-0.1, -0.05) is 318 Å². The predicted molar refractivity (Wildman–Crippen MR) is 414 cm³/mol. The van der Waals surface area contributed by atoms with Gasteiger partial charge >= 0.3 is 0 Å². The van der Waals surface area contributed by atoms with Gasteiger partial charge in [-0.2, -0.15) is 0 Å². The average Bonchev–Trinajstić information content (AvgIpc) is 0.736. The zero-order valence-electron chi connectivity index (χ0n) is 62.2. The zero-order valence-corrected chi connectivity index (χ0v) is 62.2. The van der Waals surface area contributed by atoms with Gasteiger partial charge in [-0.05, 0) is 170 Å². The molecular formula is C93H103N3O2. The van der Waals surface area contributed by atoms with Crippen molar-refractivity contribution in [2.75, 3.05) is 50.7 Å². The second-order valence-electron chi connectivity index (χ2n) is 32.4. The summed E-state index contributed by atoms with van der Waals surface area (Å²) in [6, 6.07) is 76.9. The molecule has 502 valence electrons. The molecule has 0 unspecified atom stereocenters. The molecular weight excluding hydrogens is 1190 g/mol. The normalized spacial score (nSPS) is 12.2. The summed E-state index contributed by atoms with van der Waals surface area (Å²) < 4.78 is 12.1. The third-order valence-electron chi connectivity index (χ3n) is 18.7. The lowest BCUT2D eigenvalue weighted by molar-refractivity contribution is 0.204. The summed E-state index contributed by atoms with van der Waals surface area (Å²) in [5.41, 5.74) is 19.4. The first kappa shape index (κ1) is 72.8. The molecule has 0 fully saturated rings. The van der Waals surface area contributed by atoms with Gasteiger partial charge in [-0.3, -0.25) is 0 Å². The van der Waals surface area contributed by atoms with E-state index in [2.05, 4.69) is 371 Å². The molecule has 1 N–H and O–H groups in total. The van der Waals surface area contributed by atoms with Gasteiger partial charge in [0, 0.05) is 25.5 Å². The third-order valence-corrected chi connectivity index (χ3v) is 18.7. The Morgan fingerprint density at radius 1 is 0.316 bits per heavy atom. The maximum atomic E-state index is 6.33. The fraction of sp³-hybridized carbons (Fsp3) is 0.344. The van der Waals surface area contributed by atoms with E-state index in [0.717, 1.165) is 22.7 Å².